The number of phosphoric acid groups is 3. The van der Waals surface area contributed by atoms with Crippen LogP contribution in [0, 0.1) is 5.92 Å². The van der Waals surface area contributed by atoms with Gasteiger partial charge in [-0.1, -0.05) is 0 Å². The third kappa shape index (κ3) is 5.52. The maximum Gasteiger partial charge on any atom is 0.490 e. The monoisotopic (exact) mass is 457 g/mol. The van der Waals surface area contributed by atoms with E-state index in [0.29, 0.717) is 17.6 Å². The predicted octanol–water partition coefficient (Wildman–Crippen LogP) is 0.613. The van der Waals surface area contributed by atoms with Crippen LogP contribution in [0.4, 0.5) is 5.82 Å². The van der Waals surface area contributed by atoms with E-state index >= 15 is 0 Å². The zero-order valence-electron chi connectivity index (χ0n) is 13.7. The first kappa shape index (κ1) is 21.2. The summed E-state index contributed by atoms with van der Waals surface area (Å²) in [6, 6.07) is 0. The molecule has 1 aliphatic rings. The van der Waals surface area contributed by atoms with E-state index in [-0.39, 0.29) is 18.3 Å². The largest absolute Gasteiger partial charge is 0.490 e. The number of fused-ring (bicyclic) bond motifs is 1. The third-order valence-corrected chi connectivity index (χ3v) is 7.20. The highest BCUT2D eigenvalue weighted by Gasteiger charge is 2.42. The molecule has 28 heavy (non-hydrogen) atoms. The number of rotatable bonds is 8. The van der Waals surface area contributed by atoms with Crippen molar-refractivity contribution in [1.29, 1.82) is 0 Å². The van der Waals surface area contributed by atoms with E-state index in [0.717, 1.165) is 5.57 Å². The highest BCUT2D eigenvalue weighted by atomic mass is 31.3. The van der Waals surface area contributed by atoms with E-state index in [1.165, 1.54) is 12.7 Å². The maximum absolute atomic E-state index is 11.7. The molecule has 2 aromatic heterocycles. The molecule has 15 nitrogen and oxygen atoms in total. The van der Waals surface area contributed by atoms with Gasteiger partial charge in [-0.3, -0.25) is 9.09 Å². The summed E-state index contributed by atoms with van der Waals surface area (Å²) < 4.78 is 46.9. The van der Waals surface area contributed by atoms with E-state index < -0.39 is 23.5 Å². The summed E-state index contributed by atoms with van der Waals surface area (Å²) in [5.74, 6) is -0.0938. The molecule has 6 N–H and O–H groups in total. The van der Waals surface area contributed by atoms with Crippen LogP contribution in [0.25, 0.3) is 17.4 Å². The molecule has 0 amide bonds. The zero-order chi connectivity index (χ0) is 20.7. The average Bonchev–Trinajstić information content (AvgIpc) is 3.12. The van der Waals surface area contributed by atoms with Crippen LogP contribution in [0.1, 0.15) is 6.42 Å². The van der Waals surface area contributed by atoms with E-state index in [1.54, 1.807) is 10.8 Å². The SMILES string of the molecule is Nc1ncnc2c1ncn2/C=C1\C[C@H]1COP(=O)(O)OP(=O)(O)OP(=O)(O)O. The standard InChI is InChI=1S/C10H14N5O10P3/c11-9-8-10(13-4-12-9)15(5-14-8)2-6-1-7(6)3-23-27(19,20)25-28(21,22)24-26(16,17)18/h2,4-5,7H,1,3H2,(H,19,20)(H,21,22)(H2,11,12,13)(H2,16,17,18)/b6-2+/t7-/m0/s1. The molecule has 0 radical (unpaired) electrons. The van der Waals surface area contributed by atoms with Crippen molar-refractivity contribution in [2.45, 2.75) is 6.42 Å². The minimum absolute atomic E-state index is 0.210. The van der Waals surface area contributed by atoms with Crippen molar-refractivity contribution >= 4 is 46.6 Å². The lowest BCUT2D eigenvalue weighted by Crippen LogP contribution is -1.99. The smallest absolute Gasteiger partial charge is 0.382 e. The highest BCUT2D eigenvalue weighted by molar-refractivity contribution is 7.66. The Bertz CT molecular complexity index is 1080. The molecule has 1 fully saturated rings. The zero-order valence-corrected chi connectivity index (χ0v) is 16.4. The van der Waals surface area contributed by atoms with Crippen molar-refractivity contribution in [1.82, 2.24) is 19.5 Å². The van der Waals surface area contributed by atoms with Crippen molar-refractivity contribution in [3.05, 3.63) is 18.2 Å². The normalized spacial score (nSPS) is 22.9. The van der Waals surface area contributed by atoms with Crippen molar-refractivity contribution in [2.75, 3.05) is 12.3 Å². The Morgan fingerprint density at radius 2 is 1.86 bits per heavy atom. The quantitative estimate of drug-likeness (QED) is 0.342. The molecule has 1 saturated carbocycles. The van der Waals surface area contributed by atoms with Gasteiger partial charge in [-0.15, -0.1) is 0 Å². The van der Waals surface area contributed by atoms with E-state index in [2.05, 4.69) is 28.1 Å². The summed E-state index contributed by atoms with van der Waals surface area (Å²) in [5.41, 5.74) is 7.34. The lowest BCUT2D eigenvalue weighted by molar-refractivity contribution is 0.169. The molecule has 3 atom stereocenters. The topological polar surface area (TPSA) is 229 Å². The Morgan fingerprint density at radius 1 is 1.14 bits per heavy atom. The minimum atomic E-state index is -5.52. The Kier molecular flexibility index (Phi) is 5.60. The average molecular weight is 457 g/mol. The van der Waals surface area contributed by atoms with Gasteiger partial charge in [0.1, 0.15) is 12.7 Å². The molecule has 0 aliphatic heterocycles. The van der Waals surface area contributed by atoms with Gasteiger partial charge in [0, 0.05) is 12.1 Å². The second kappa shape index (κ2) is 7.39. The molecule has 1 aliphatic carbocycles. The first-order valence-corrected chi connectivity index (χ1v) is 11.8. The van der Waals surface area contributed by atoms with Crippen LogP contribution < -0.4 is 5.73 Å². The summed E-state index contributed by atoms with van der Waals surface area (Å²) in [4.78, 5) is 47.4. The molecule has 0 saturated heterocycles. The number of nitrogens with two attached hydrogens (primary N) is 1. The number of nitrogens with zero attached hydrogens (tertiary/aromatic N) is 4. The molecular formula is C10H14N5O10P3. The number of imidazole rings is 1. The van der Waals surface area contributed by atoms with Crippen molar-refractivity contribution in [3.8, 4) is 0 Å². The van der Waals surface area contributed by atoms with E-state index in [9.17, 15) is 18.6 Å². The second-order valence-electron chi connectivity index (χ2n) is 5.57. The summed E-state index contributed by atoms with van der Waals surface area (Å²) >= 11 is 0. The number of aromatic nitrogens is 4. The molecular weight excluding hydrogens is 443 g/mol. The van der Waals surface area contributed by atoms with Crippen LogP contribution in [0.3, 0.4) is 0 Å². The van der Waals surface area contributed by atoms with Crippen LogP contribution in [0.15, 0.2) is 18.2 Å². The maximum atomic E-state index is 11.7. The van der Waals surface area contributed by atoms with E-state index in [4.69, 9.17) is 20.4 Å². The molecule has 0 aromatic carbocycles. The highest BCUT2D eigenvalue weighted by Crippen LogP contribution is 2.66. The molecule has 2 unspecified atom stereocenters. The Balaban J connectivity index is 1.60. The van der Waals surface area contributed by atoms with Gasteiger partial charge in [0.2, 0.25) is 0 Å². The molecule has 18 heteroatoms. The summed E-state index contributed by atoms with van der Waals surface area (Å²) in [6.07, 6.45) is 4.87. The third-order valence-electron chi connectivity index (χ3n) is 3.39. The van der Waals surface area contributed by atoms with Gasteiger partial charge >= 0.3 is 23.5 Å². The first-order valence-electron chi connectivity index (χ1n) is 7.27. The molecule has 2 heterocycles. The van der Waals surface area contributed by atoms with Gasteiger partial charge in [0.15, 0.2) is 17.0 Å². The number of phosphoric ester groups is 1. The van der Waals surface area contributed by atoms with Crippen LogP contribution in [-0.2, 0) is 26.8 Å². The van der Waals surface area contributed by atoms with Crippen LogP contribution in [0.2, 0.25) is 0 Å². The van der Waals surface area contributed by atoms with Gasteiger partial charge in [-0.25, -0.2) is 28.6 Å². The van der Waals surface area contributed by atoms with Gasteiger partial charge in [-0.05, 0) is 12.0 Å². The first-order chi connectivity index (χ1) is 12.9. The minimum Gasteiger partial charge on any atom is -0.382 e. The van der Waals surface area contributed by atoms with Crippen LogP contribution in [0.5, 0.6) is 0 Å². The molecule has 0 bridgehead atoms. The second-order valence-corrected chi connectivity index (χ2v) is 9.99. The van der Waals surface area contributed by atoms with Crippen LogP contribution >= 0.6 is 23.5 Å². The van der Waals surface area contributed by atoms with Crippen molar-refractivity contribution in [3.63, 3.8) is 0 Å². The molecule has 3 rings (SSSR count). The lowest BCUT2D eigenvalue weighted by atomic mass is 10.4. The fraction of sp³-hybridized carbons (Fsp3) is 0.300. The molecule has 154 valence electrons. The van der Waals surface area contributed by atoms with Gasteiger partial charge in [0.05, 0.1) is 6.61 Å². The summed E-state index contributed by atoms with van der Waals surface area (Å²) in [7, 11) is -16.1. The van der Waals surface area contributed by atoms with Crippen molar-refractivity contribution < 1.29 is 46.4 Å². The lowest BCUT2D eigenvalue weighted by Gasteiger charge is -2.15. The molecule has 2 aromatic rings. The Morgan fingerprint density at radius 3 is 2.54 bits per heavy atom. The summed E-state index contributed by atoms with van der Waals surface area (Å²) in [5, 5.41) is 0. The van der Waals surface area contributed by atoms with Gasteiger partial charge in [0.25, 0.3) is 0 Å². The number of hydrogen-bond donors (Lipinski definition) is 5. The van der Waals surface area contributed by atoms with Gasteiger partial charge in [-0.2, -0.15) is 8.62 Å². The molecule has 0 spiro atoms. The number of anilines is 1. The predicted molar refractivity (Wildman–Crippen MR) is 91.9 cm³/mol. The Hall–Kier alpha value is -1.50. The Labute approximate surface area is 156 Å². The fourth-order valence-corrected chi connectivity index (χ4v) is 5.24. The van der Waals surface area contributed by atoms with E-state index in [1.807, 2.05) is 0 Å². The number of nitrogen functional groups attached to an aromatic ring is 1. The summed E-state index contributed by atoms with van der Waals surface area (Å²) in [6.45, 7) is -0.362. The van der Waals surface area contributed by atoms with Crippen molar-refractivity contribution in [2.24, 2.45) is 5.92 Å². The number of hydrogen-bond acceptors (Lipinski definition) is 10. The van der Waals surface area contributed by atoms with Gasteiger partial charge < -0.3 is 25.3 Å². The fourth-order valence-electron chi connectivity index (χ4n) is 2.18. The van der Waals surface area contributed by atoms with Crippen LogP contribution in [-0.4, -0.2) is 45.7 Å².